The van der Waals surface area contributed by atoms with Crippen LogP contribution in [0.4, 0.5) is 15.2 Å². The molecule has 5 nitrogen and oxygen atoms in total. The first kappa shape index (κ1) is 17.4. The minimum absolute atomic E-state index is 0.116. The molecule has 3 aromatic rings. The number of para-hydroxylation sites is 1. The molecule has 128 valence electrons. The van der Waals surface area contributed by atoms with E-state index in [0.717, 1.165) is 5.69 Å². The van der Waals surface area contributed by atoms with Crippen molar-refractivity contribution in [3.8, 4) is 5.75 Å². The van der Waals surface area contributed by atoms with Crippen molar-refractivity contribution in [2.24, 2.45) is 0 Å². The number of aromatic nitrogens is 2. The number of thioether (sulfide) groups is 1. The number of benzene rings is 2. The van der Waals surface area contributed by atoms with Gasteiger partial charge in [0.25, 0.3) is 0 Å². The van der Waals surface area contributed by atoms with Crippen LogP contribution in [-0.2, 0) is 0 Å². The Hall–Kier alpha value is -2.45. The number of carbonyl (C=O) groups excluding carboxylic acids is 1. The van der Waals surface area contributed by atoms with Crippen molar-refractivity contribution in [1.82, 2.24) is 10.2 Å². The van der Waals surface area contributed by atoms with Crippen molar-refractivity contribution < 1.29 is 13.9 Å². The highest BCUT2D eigenvalue weighted by Gasteiger charge is 2.12. The van der Waals surface area contributed by atoms with Crippen molar-refractivity contribution in [1.29, 1.82) is 0 Å². The van der Waals surface area contributed by atoms with Crippen molar-refractivity contribution >= 4 is 39.7 Å². The minimum atomic E-state index is -0.552. The molecule has 0 saturated heterocycles. The van der Waals surface area contributed by atoms with E-state index in [1.165, 1.54) is 42.3 Å². The number of ether oxygens (including phenoxy) is 1. The number of methoxy groups -OCH3 is 1. The van der Waals surface area contributed by atoms with Crippen LogP contribution in [0.1, 0.15) is 10.4 Å². The molecular formula is C17H14FN3O2S2. The summed E-state index contributed by atoms with van der Waals surface area (Å²) in [5.41, 5.74) is 1.22. The zero-order valence-corrected chi connectivity index (χ0v) is 14.9. The van der Waals surface area contributed by atoms with Gasteiger partial charge in [-0.25, -0.2) is 4.39 Å². The summed E-state index contributed by atoms with van der Waals surface area (Å²) in [7, 11) is 1.38. The number of carbonyl (C=O) groups is 1. The molecule has 0 atom stereocenters. The third-order valence-corrected chi connectivity index (χ3v) is 5.20. The number of Topliss-reactive ketones (excluding diaryl/α,β-unsaturated/α-hetero) is 1. The quantitative estimate of drug-likeness (QED) is 0.488. The molecule has 1 aromatic heterocycles. The highest BCUT2D eigenvalue weighted by atomic mass is 32.2. The maximum absolute atomic E-state index is 13.7. The summed E-state index contributed by atoms with van der Waals surface area (Å²) in [6.07, 6.45) is 0. The second-order valence-electron chi connectivity index (χ2n) is 4.93. The zero-order valence-electron chi connectivity index (χ0n) is 13.2. The Balaban J connectivity index is 1.58. The molecule has 2 aromatic carbocycles. The predicted octanol–water partition coefficient (Wildman–Crippen LogP) is 4.40. The summed E-state index contributed by atoms with van der Waals surface area (Å²) in [6.45, 7) is 0. The van der Waals surface area contributed by atoms with Gasteiger partial charge in [0.1, 0.15) is 0 Å². The van der Waals surface area contributed by atoms with Crippen molar-refractivity contribution in [2.75, 3.05) is 18.2 Å². The van der Waals surface area contributed by atoms with Crippen LogP contribution in [0.25, 0.3) is 0 Å². The second-order valence-corrected chi connectivity index (χ2v) is 7.13. The Morgan fingerprint density at radius 2 is 2.04 bits per heavy atom. The highest BCUT2D eigenvalue weighted by molar-refractivity contribution is 8.01. The van der Waals surface area contributed by atoms with Gasteiger partial charge in [0.2, 0.25) is 5.13 Å². The lowest BCUT2D eigenvalue weighted by Crippen LogP contribution is -2.03. The summed E-state index contributed by atoms with van der Waals surface area (Å²) in [5, 5.41) is 11.9. The second kappa shape index (κ2) is 8.09. The van der Waals surface area contributed by atoms with Crippen LogP contribution in [0.5, 0.6) is 5.75 Å². The Morgan fingerprint density at radius 1 is 1.24 bits per heavy atom. The van der Waals surface area contributed by atoms with Gasteiger partial charge in [-0.3, -0.25) is 4.79 Å². The van der Waals surface area contributed by atoms with Crippen LogP contribution in [0.2, 0.25) is 0 Å². The van der Waals surface area contributed by atoms with Gasteiger partial charge in [-0.05, 0) is 30.3 Å². The fraction of sp³-hybridized carbons (Fsp3) is 0.118. The number of hydrogen-bond acceptors (Lipinski definition) is 7. The van der Waals surface area contributed by atoms with E-state index in [-0.39, 0.29) is 17.3 Å². The highest BCUT2D eigenvalue weighted by Crippen LogP contribution is 2.28. The molecule has 1 N–H and O–H groups in total. The summed E-state index contributed by atoms with van der Waals surface area (Å²) in [6, 6.07) is 13.8. The van der Waals surface area contributed by atoms with E-state index < -0.39 is 5.82 Å². The smallest absolute Gasteiger partial charge is 0.210 e. The Kier molecular flexibility index (Phi) is 5.62. The molecule has 1 heterocycles. The molecule has 0 aliphatic carbocycles. The summed E-state index contributed by atoms with van der Waals surface area (Å²) < 4.78 is 19.2. The monoisotopic (exact) mass is 375 g/mol. The maximum atomic E-state index is 13.7. The molecule has 0 bridgehead atoms. The zero-order chi connectivity index (χ0) is 17.6. The third-order valence-electron chi connectivity index (χ3n) is 3.23. The van der Waals surface area contributed by atoms with E-state index in [9.17, 15) is 9.18 Å². The fourth-order valence-electron chi connectivity index (χ4n) is 2.01. The molecule has 0 aliphatic rings. The van der Waals surface area contributed by atoms with Gasteiger partial charge < -0.3 is 10.1 Å². The summed E-state index contributed by atoms with van der Waals surface area (Å²) in [4.78, 5) is 12.2. The normalized spacial score (nSPS) is 10.5. The number of nitrogens with one attached hydrogen (secondary N) is 1. The van der Waals surface area contributed by atoms with Gasteiger partial charge in [0.15, 0.2) is 21.7 Å². The number of ketones is 1. The number of halogens is 1. The van der Waals surface area contributed by atoms with Gasteiger partial charge in [0, 0.05) is 11.3 Å². The van der Waals surface area contributed by atoms with E-state index >= 15 is 0 Å². The fourth-order valence-corrected chi connectivity index (χ4v) is 3.68. The summed E-state index contributed by atoms with van der Waals surface area (Å²) in [5.74, 6) is -0.459. The number of rotatable bonds is 7. The van der Waals surface area contributed by atoms with Crippen LogP contribution in [0.3, 0.4) is 0 Å². The average Bonchev–Trinajstić information content (AvgIpc) is 3.08. The maximum Gasteiger partial charge on any atom is 0.210 e. The van der Waals surface area contributed by atoms with Crippen LogP contribution in [-0.4, -0.2) is 28.8 Å². The number of nitrogens with zero attached hydrogens (tertiary/aromatic N) is 2. The lowest BCUT2D eigenvalue weighted by molar-refractivity contribution is 0.102. The minimum Gasteiger partial charge on any atom is -0.494 e. The molecule has 3 rings (SSSR count). The SMILES string of the molecule is COc1ccc(C(=O)CSc2nnc(Nc3ccccc3)s2)cc1F. The number of hydrogen-bond donors (Lipinski definition) is 1. The first-order valence-electron chi connectivity index (χ1n) is 7.31. The molecule has 0 unspecified atom stereocenters. The molecule has 25 heavy (non-hydrogen) atoms. The lowest BCUT2D eigenvalue weighted by Gasteiger charge is -2.04. The van der Waals surface area contributed by atoms with E-state index in [0.29, 0.717) is 15.0 Å². The molecule has 0 saturated carbocycles. The Bertz CT molecular complexity index is 871. The molecular weight excluding hydrogens is 361 g/mol. The summed E-state index contributed by atoms with van der Waals surface area (Å²) >= 11 is 2.63. The van der Waals surface area contributed by atoms with Crippen molar-refractivity contribution in [3.63, 3.8) is 0 Å². The molecule has 0 aliphatic heterocycles. The van der Waals surface area contributed by atoms with E-state index in [1.54, 1.807) is 6.07 Å². The Morgan fingerprint density at radius 3 is 2.76 bits per heavy atom. The topological polar surface area (TPSA) is 64.1 Å². The predicted molar refractivity (Wildman–Crippen MR) is 97.6 cm³/mol. The van der Waals surface area contributed by atoms with Crippen LogP contribution in [0.15, 0.2) is 52.9 Å². The molecule has 0 spiro atoms. The van der Waals surface area contributed by atoms with Crippen LogP contribution < -0.4 is 10.1 Å². The van der Waals surface area contributed by atoms with Crippen LogP contribution in [0, 0.1) is 5.82 Å². The largest absolute Gasteiger partial charge is 0.494 e. The van der Waals surface area contributed by atoms with E-state index in [4.69, 9.17) is 4.74 Å². The lowest BCUT2D eigenvalue weighted by atomic mass is 10.1. The van der Waals surface area contributed by atoms with E-state index in [1.807, 2.05) is 30.3 Å². The standard InChI is InChI=1S/C17H14FN3O2S2/c1-23-15-8-7-11(9-13(15)18)14(22)10-24-17-21-20-16(25-17)19-12-5-3-2-4-6-12/h2-9H,10H2,1H3,(H,19,20). The van der Waals surface area contributed by atoms with E-state index in [2.05, 4.69) is 15.5 Å². The molecule has 0 amide bonds. The van der Waals surface area contributed by atoms with Crippen molar-refractivity contribution in [3.05, 3.63) is 59.9 Å². The van der Waals surface area contributed by atoms with Gasteiger partial charge in [-0.1, -0.05) is 41.3 Å². The first-order valence-corrected chi connectivity index (χ1v) is 9.11. The molecule has 0 radical (unpaired) electrons. The van der Waals surface area contributed by atoms with Gasteiger partial charge in [-0.15, -0.1) is 10.2 Å². The van der Waals surface area contributed by atoms with Crippen LogP contribution >= 0.6 is 23.1 Å². The van der Waals surface area contributed by atoms with Gasteiger partial charge in [-0.2, -0.15) is 0 Å². The molecule has 0 fully saturated rings. The third kappa shape index (κ3) is 4.55. The molecule has 8 heteroatoms. The first-order chi connectivity index (χ1) is 12.2. The average molecular weight is 375 g/mol. The Labute approximate surface area is 152 Å². The van der Waals surface area contributed by atoms with Crippen molar-refractivity contribution in [2.45, 2.75) is 4.34 Å². The van der Waals surface area contributed by atoms with Gasteiger partial charge >= 0.3 is 0 Å². The number of anilines is 2. The van der Waals surface area contributed by atoms with Gasteiger partial charge in [0.05, 0.1) is 12.9 Å².